The van der Waals surface area contributed by atoms with Crippen molar-refractivity contribution in [3.63, 3.8) is 0 Å². The summed E-state index contributed by atoms with van der Waals surface area (Å²) in [5.74, 6) is 0.479. The summed E-state index contributed by atoms with van der Waals surface area (Å²) >= 11 is 1.45. The smallest absolute Gasteiger partial charge is 0.212 e. The van der Waals surface area contributed by atoms with Gasteiger partial charge in [-0.1, -0.05) is 18.2 Å². The van der Waals surface area contributed by atoms with Crippen molar-refractivity contribution < 1.29 is 13.2 Å². The molecule has 24 heavy (non-hydrogen) atoms. The normalized spacial score (nSPS) is 14.1. The van der Waals surface area contributed by atoms with Crippen LogP contribution in [0.15, 0.2) is 48.5 Å². The number of hydrogen-bond acceptors (Lipinski definition) is 5. The molecule has 0 aliphatic heterocycles. The Hall–Kier alpha value is -1.70. The predicted octanol–water partition coefficient (Wildman–Crippen LogP) is 3.10. The molecular formula is C17H22N2O3S2. The van der Waals surface area contributed by atoms with Crippen LogP contribution in [-0.4, -0.2) is 25.8 Å². The molecule has 0 aliphatic rings. The average Bonchev–Trinajstić information content (AvgIpc) is 3.08. The molecule has 130 valence electrons. The van der Waals surface area contributed by atoms with E-state index in [1.165, 1.54) is 11.3 Å². The molecule has 0 bridgehead atoms. The number of hydrogen-bond donors (Lipinski definition) is 1. The minimum Gasteiger partial charge on any atom is -0.497 e. The Kier molecular flexibility index (Phi) is 6.53. The van der Waals surface area contributed by atoms with Crippen LogP contribution >= 0.6 is 11.3 Å². The zero-order valence-corrected chi connectivity index (χ0v) is 15.2. The molecule has 2 atom stereocenters. The van der Waals surface area contributed by atoms with Gasteiger partial charge >= 0.3 is 0 Å². The summed E-state index contributed by atoms with van der Waals surface area (Å²) in [5, 5.41) is 7.47. The summed E-state index contributed by atoms with van der Waals surface area (Å²) in [4.78, 5) is 4.34. The zero-order valence-electron chi connectivity index (χ0n) is 13.6. The van der Waals surface area contributed by atoms with E-state index in [2.05, 4.69) is 11.6 Å². The number of aromatic nitrogens is 1. The van der Waals surface area contributed by atoms with Crippen LogP contribution in [0.1, 0.15) is 29.3 Å². The van der Waals surface area contributed by atoms with Crippen molar-refractivity contribution in [1.29, 1.82) is 0 Å². The van der Waals surface area contributed by atoms with Crippen molar-refractivity contribution >= 4 is 21.4 Å². The van der Waals surface area contributed by atoms with Crippen molar-refractivity contribution in [3.8, 4) is 5.75 Å². The van der Waals surface area contributed by atoms with Gasteiger partial charge in [0.05, 0.1) is 17.4 Å². The zero-order chi connectivity index (χ0) is 17.6. The van der Waals surface area contributed by atoms with Crippen LogP contribution in [0.2, 0.25) is 0 Å². The monoisotopic (exact) mass is 366 g/mol. The van der Waals surface area contributed by atoms with E-state index in [-0.39, 0.29) is 5.92 Å². The Morgan fingerprint density at radius 2 is 2.08 bits per heavy atom. The quantitative estimate of drug-likeness (QED) is 0.691. The first kappa shape index (κ1) is 18.6. The first-order valence-corrected chi connectivity index (χ1v) is 10.1. The molecule has 0 fully saturated rings. The number of methoxy groups -OCH3 is 1. The molecule has 0 spiro atoms. The first-order chi connectivity index (χ1) is 11.5. The molecule has 2 N–H and O–H groups in total. The fraction of sp³-hybridized carbons (Fsp3) is 0.353. The lowest BCUT2D eigenvalue weighted by Crippen LogP contribution is -2.35. The van der Waals surface area contributed by atoms with Gasteiger partial charge in [0, 0.05) is 17.5 Å². The lowest BCUT2D eigenvalue weighted by Gasteiger charge is -2.24. The Balaban J connectivity index is 2.33. The number of rotatable bonds is 9. The maximum Gasteiger partial charge on any atom is 0.212 e. The fourth-order valence-corrected chi connectivity index (χ4v) is 4.73. The minimum absolute atomic E-state index is 0.284. The predicted molar refractivity (Wildman–Crippen MR) is 97.9 cm³/mol. The third kappa shape index (κ3) is 4.90. The van der Waals surface area contributed by atoms with E-state index in [4.69, 9.17) is 9.88 Å². The Bertz CT molecular complexity index is 741. The second-order valence-corrected chi connectivity index (χ2v) is 8.23. The van der Waals surface area contributed by atoms with Gasteiger partial charge in [-0.05, 0) is 37.0 Å². The van der Waals surface area contributed by atoms with Crippen LogP contribution in [0.3, 0.4) is 0 Å². The first-order valence-electron chi connectivity index (χ1n) is 7.60. The summed E-state index contributed by atoms with van der Waals surface area (Å²) in [6.07, 6.45) is 4.98. The summed E-state index contributed by atoms with van der Waals surface area (Å²) < 4.78 is 29.5. The number of nitrogens with two attached hydrogens (primary N) is 1. The van der Waals surface area contributed by atoms with E-state index >= 15 is 0 Å². The minimum atomic E-state index is -3.70. The second kappa shape index (κ2) is 8.41. The number of ether oxygens (including phenoxy) is 1. The summed E-state index contributed by atoms with van der Waals surface area (Å²) in [7, 11) is -2.09. The molecule has 1 aromatic heterocycles. The number of benzene rings is 1. The van der Waals surface area contributed by atoms with Crippen LogP contribution in [0, 0.1) is 0 Å². The molecule has 7 heteroatoms. The molecule has 2 unspecified atom stereocenters. The van der Waals surface area contributed by atoms with E-state index in [1.807, 2.05) is 29.6 Å². The molecule has 0 amide bonds. The molecule has 2 aromatic rings. The topological polar surface area (TPSA) is 82.3 Å². The maximum atomic E-state index is 12.2. The van der Waals surface area contributed by atoms with E-state index in [0.717, 1.165) is 16.3 Å². The molecule has 0 saturated carbocycles. The number of thiazole rings is 1. The molecular weight excluding hydrogens is 344 g/mol. The number of sulfonamides is 1. The molecule has 0 saturated heterocycles. The fourth-order valence-electron chi connectivity index (χ4n) is 2.69. The van der Waals surface area contributed by atoms with Crippen molar-refractivity contribution in [2.45, 2.75) is 30.4 Å². The van der Waals surface area contributed by atoms with E-state index in [1.54, 1.807) is 19.4 Å². The van der Waals surface area contributed by atoms with Gasteiger partial charge in [0.2, 0.25) is 10.0 Å². The van der Waals surface area contributed by atoms with Gasteiger partial charge in [-0.15, -0.1) is 17.9 Å². The largest absolute Gasteiger partial charge is 0.497 e. The van der Waals surface area contributed by atoms with Gasteiger partial charge < -0.3 is 4.74 Å². The van der Waals surface area contributed by atoms with Gasteiger partial charge in [-0.3, -0.25) is 0 Å². The van der Waals surface area contributed by atoms with Crippen molar-refractivity contribution in [1.82, 2.24) is 4.98 Å². The van der Waals surface area contributed by atoms with Gasteiger partial charge in [0.1, 0.15) is 5.75 Å². The lowest BCUT2D eigenvalue weighted by molar-refractivity contribution is 0.414. The number of allylic oxidation sites excluding steroid dienone is 1. The van der Waals surface area contributed by atoms with Gasteiger partial charge in [0.25, 0.3) is 0 Å². The van der Waals surface area contributed by atoms with Crippen LogP contribution in [0.5, 0.6) is 5.75 Å². The van der Waals surface area contributed by atoms with Gasteiger partial charge in [-0.2, -0.15) is 0 Å². The molecule has 0 aliphatic carbocycles. The van der Waals surface area contributed by atoms with Crippen LogP contribution < -0.4 is 9.88 Å². The summed E-state index contributed by atoms with van der Waals surface area (Å²) in [6.45, 7) is 3.68. The lowest BCUT2D eigenvalue weighted by atomic mass is 9.94. The molecule has 2 rings (SSSR count). The van der Waals surface area contributed by atoms with Crippen LogP contribution in [-0.2, 0) is 16.4 Å². The standard InChI is InChI=1S/C17H22N2O3S2/c1-3-4-5-16(24(18,20)21)15(17-19-10-11-23-17)12-13-6-8-14(22-2)9-7-13/h3,6-11,15-16H,1,4-5,12H2,2H3,(H2,18,20,21). The van der Waals surface area contributed by atoms with Crippen molar-refractivity contribution in [2.75, 3.05) is 7.11 Å². The number of nitrogens with zero attached hydrogens (tertiary/aromatic N) is 1. The highest BCUT2D eigenvalue weighted by atomic mass is 32.2. The van der Waals surface area contributed by atoms with Crippen molar-refractivity contribution in [3.05, 3.63) is 59.1 Å². The maximum absolute atomic E-state index is 12.2. The molecule has 0 radical (unpaired) electrons. The van der Waals surface area contributed by atoms with Crippen LogP contribution in [0.4, 0.5) is 0 Å². The van der Waals surface area contributed by atoms with E-state index < -0.39 is 15.3 Å². The van der Waals surface area contributed by atoms with E-state index in [0.29, 0.717) is 19.3 Å². The highest BCUT2D eigenvalue weighted by molar-refractivity contribution is 7.89. The van der Waals surface area contributed by atoms with Gasteiger partial charge in [0.15, 0.2) is 0 Å². The summed E-state index contributed by atoms with van der Waals surface area (Å²) in [5.41, 5.74) is 1.02. The van der Waals surface area contributed by atoms with Gasteiger partial charge in [-0.25, -0.2) is 18.5 Å². The van der Waals surface area contributed by atoms with E-state index in [9.17, 15) is 8.42 Å². The highest BCUT2D eigenvalue weighted by Crippen LogP contribution is 2.32. The van der Waals surface area contributed by atoms with Crippen molar-refractivity contribution in [2.24, 2.45) is 5.14 Å². The third-order valence-electron chi connectivity index (χ3n) is 3.91. The Labute approximate surface area is 147 Å². The summed E-state index contributed by atoms with van der Waals surface area (Å²) in [6, 6.07) is 7.61. The molecule has 5 nitrogen and oxygen atoms in total. The Morgan fingerprint density at radius 1 is 1.38 bits per heavy atom. The second-order valence-electron chi connectivity index (χ2n) is 5.52. The SMILES string of the molecule is C=CCCC(C(Cc1ccc(OC)cc1)c1nccs1)S(N)(=O)=O. The highest BCUT2D eigenvalue weighted by Gasteiger charge is 2.33. The number of primary sulfonamides is 1. The average molecular weight is 367 g/mol. The molecule has 1 heterocycles. The Morgan fingerprint density at radius 3 is 2.58 bits per heavy atom. The third-order valence-corrected chi connectivity index (χ3v) is 6.23. The van der Waals surface area contributed by atoms with Crippen LogP contribution in [0.25, 0.3) is 0 Å². The molecule has 1 aromatic carbocycles.